The number of para-hydroxylation sites is 1. The summed E-state index contributed by atoms with van der Waals surface area (Å²) in [4.78, 5) is 12.8. The maximum absolute atomic E-state index is 13.4. The molecule has 4 aromatic rings. The number of hydrogen-bond acceptors (Lipinski definition) is 7. The second-order valence-electron chi connectivity index (χ2n) is 8.07. The van der Waals surface area contributed by atoms with Crippen LogP contribution in [-0.2, 0) is 10.1 Å². The Morgan fingerprint density at radius 1 is 1.05 bits per heavy atom. The van der Waals surface area contributed by atoms with Crippen molar-refractivity contribution in [1.82, 2.24) is 0 Å². The van der Waals surface area contributed by atoms with Crippen LogP contribution in [0, 0.1) is 6.92 Å². The van der Waals surface area contributed by atoms with E-state index in [-0.39, 0.29) is 67.8 Å². The van der Waals surface area contributed by atoms with Crippen LogP contribution in [0.3, 0.4) is 0 Å². The quantitative estimate of drug-likeness (QED) is 0.189. The molecule has 0 radical (unpaired) electrons. The summed E-state index contributed by atoms with van der Waals surface area (Å²) >= 11 is 12.5. The van der Waals surface area contributed by atoms with Gasteiger partial charge in [0.1, 0.15) is 17.1 Å². The largest absolute Gasteiger partial charge is 1.00 e. The van der Waals surface area contributed by atoms with Crippen molar-refractivity contribution in [3.8, 4) is 11.5 Å². The van der Waals surface area contributed by atoms with Crippen LogP contribution >= 0.6 is 23.2 Å². The number of hydrogen-bond donors (Lipinski definition) is 2. The summed E-state index contributed by atoms with van der Waals surface area (Å²) in [7, 11) is -4.55. The molecule has 0 aliphatic rings. The summed E-state index contributed by atoms with van der Waals surface area (Å²) in [5.41, 5.74) is -0.0752. The maximum atomic E-state index is 13.4. The molecule has 0 bridgehead atoms. The number of carbonyl (C=O) groups is 1. The summed E-state index contributed by atoms with van der Waals surface area (Å²) in [6.45, 7) is 3.57. The predicted octanol–water partition coefficient (Wildman–Crippen LogP) is 3.85. The van der Waals surface area contributed by atoms with Crippen LogP contribution < -0.4 is 44.7 Å². The summed E-state index contributed by atoms with van der Waals surface area (Å²) < 4.78 is 38.4. The maximum Gasteiger partial charge on any atom is 1.00 e. The Morgan fingerprint density at radius 2 is 1.77 bits per heavy atom. The molecule has 9 nitrogen and oxygen atoms in total. The van der Waals surface area contributed by atoms with Crippen LogP contribution in [0.1, 0.15) is 22.8 Å². The van der Waals surface area contributed by atoms with Crippen molar-refractivity contribution in [3.63, 3.8) is 0 Å². The number of benzene rings is 4. The zero-order valence-corrected chi connectivity index (χ0v) is 25.4. The first kappa shape index (κ1) is 30.8. The minimum Gasteiger partial charge on any atom is -0.870 e. The van der Waals surface area contributed by atoms with E-state index in [0.29, 0.717) is 23.1 Å². The summed E-state index contributed by atoms with van der Waals surface area (Å²) in [5, 5.41) is 25.3. The molecule has 0 aliphatic carbocycles. The van der Waals surface area contributed by atoms with E-state index in [9.17, 15) is 22.9 Å². The molecule has 0 aromatic heterocycles. The molecule has 13 heteroatoms. The van der Waals surface area contributed by atoms with E-state index in [1.807, 2.05) is 0 Å². The fourth-order valence-corrected chi connectivity index (χ4v) is 4.96. The average Bonchev–Trinajstić information content (AvgIpc) is 2.85. The minimum atomic E-state index is -4.55. The Hall–Kier alpha value is -2.70. The monoisotopic (exact) mass is 595 g/mol. The van der Waals surface area contributed by atoms with Crippen LogP contribution in [-0.4, -0.2) is 25.5 Å². The van der Waals surface area contributed by atoms with Crippen LogP contribution in [0.5, 0.6) is 11.5 Å². The molecule has 0 saturated heterocycles. The van der Waals surface area contributed by atoms with Gasteiger partial charge in [0.15, 0.2) is 0 Å². The molecule has 196 valence electrons. The summed E-state index contributed by atoms with van der Waals surface area (Å²) in [6, 6.07) is 15.4. The normalized spacial score (nSPS) is 11.4. The van der Waals surface area contributed by atoms with Gasteiger partial charge in [0.2, 0.25) is 0 Å². The topological polar surface area (TPSA) is 140 Å². The molecule has 2 N–H and O–H groups in total. The van der Waals surface area contributed by atoms with Crippen LogP contribution in [0.25, 0.3) is 10.8 Å². The first-order chi connectivity index (χ1) is 18.0. The van der Waals surface area contributed by atoms with Gasteiger partial charge in [-0.15, -0.1) is 5.11 Å². The SMILES string of the molecule is CCOc1cccc(Cl)c1NC(=O)c1cc2ccccc2c(N=Nc2cc(S(=O)(=O)O)c(C)cc2Cl)c1[O-].[Na+]. The van der Waals surface area contributed by atoms with E-state index in [1.54, 1.807) is 49.4 Å². The van der Waals surface area contributed by atoms with Gasteiger partial charge in [0.05, 0.1) is 27.2 Å². The van der Waals surface area contributed by atoms with Gasteiger partial charge < -0.3 is 15.2 Å². The number of ether oxygens (including phenoxy) is 1. The van der Waals surface area contributed by atoms with Crippen molar-refractivity contribution < 1.29 is 57.2 Å². The molecular weight excluding hydrogens is 576 g/mol. The number of anilines is 1. The number of aryl methyl sites for hydroxylation is 1. The number of carbonyl (C=O) groups excluding carboxylic acids is 1. The molecule has 0 spiro atoms. The van der Waals surface area contributed by atoms with Crippen LogP contribution in [0.2, 0.25) is 10.0 Å². The van der Waals surface area contributed by atoms with Gasteiger partial charge in [-0.05, 0) is 55.1 Å². The predicted molar refractivity (Wildman–Crippen MR) is 144 cm³/mol. The Bertz CT molecular complexity index is 1710. The van der Waals surface area contributed by atoms with E-state index in [1.165, 1.54) is 19.1 Å². The molecule has 0 unspecified atom stereocenters. The second kappa shape index (κ2) is 12.6. The van der Waals surface area contributed by atoms with E-state index in [2.05, 4.69) is 15.5 Å². The molecule has 39 heavy (non-hydrogen) atoms. The summed E-state index contributed by atoms with van der Waals surface area (Å²) in [6.07, 6.45) is 0. The number of fused-ring (bicyclic) bond motifs is 1. The summed E-state index contributed by atoms with van der Waals surface area (Å²) in [5.74, 6) is -1.13. The number of rotatable bonds is 7. The van der Waals surface area contributed by atoms with E-state index >= 15 is 0 Å². The van der Waals surface area contributed by atoms with Crippen LogP contribution in [0.15, 0.2) is 75.8 Å². The van der Waals surface area contributed by atoms with Gasteiger partial charge in [-0.2, -0.15) is 13.5 Å². The molecule has 0 heterocycles. The Kier molecular flexibility index (Phi) is 10.0. The van der Waals surface area contributed by atoms with Gasteiger partial charge in [0.25, 0.3) is 16.0 Å². The van der Waals surface area contributed by atoms with E-state index in [4.69, 9.17) is 27.9 Å². The third-order valence-electron chi connectivity index (χ3n) is 5.51. The average molecular weight is 596 g/mol. The van der Waals surface area contributed by atoms with Gasteiger partial charge in [0, 0.05) is 10.9 Å². The number of azo groups is 1. The second-order valence-corrected chi connectivity index (χ2v) is 10.3. The van der Waals surface area contributed by atoms with Crippen molar-refractivity contribution >= 4 is 67.1 Å². The fourth-order valence-electron chi connectivity index (χ4n) is 3.76. The van der Waals surface area contributed by atoms with E-state index < -0.39 is 26.7 Å². The standard InChI is InChI=1S/C26H21Cl2N3O6S.Na/c1-3-37-21-10-6-9-18(27)24(21)29-26(33)17-12-15-7-4-5-8-16(15)23(25(17)32)31-30-20-13-22(38(34,35)36)14(2)11-19(20)28;/h4-13,32H,3H2,1-2H3,(H,29,33)(H,34,35,36);/q;+1/p-1. The van der Waals surface area contributed by atoms with Crippen molar-refractivity contribution in [2.45, 2.75) is 18.7 Å². The third kappa shape index (κ3) is 6.72. The van der Waals surface area contributed by atoms with E-state index in [0.717, 1.165) is 6.07 Å². The molecular formula is C26H20Cl2N3NaO6S. The molecule has 0 saturated carbocycles. The molecule has 0 fully saturated rings. The smallest absolute Gasteiger partial charge is 0.870 e. The molecule has 4 rings (SSSR count). The third-order valence-corrected chi connectivity index (χ3v) is 7.13. The number of amides is 1. The zero-order valence-electron chi connectivity index (χ0n) is 21.0. The van der Waals surface area contributed by atoms with Crippen molar-refractivity contribution in [2.24, 2.45) is 10.2 Å². The molecule has 4 aromatic carbocycles. The molecule has 0 aliphatic heterocycles. The number of halogens is 2. The van der Waals surface area contributed by atoms with Gasteiger partial charge in [-0.1, -0.05) is 59.3 Å². The van der Waals surface area contributed by atoms with Gasteiger partial charge in [-0.3, -0.25) is 9.35 Å². The Morgan fingerprint density at radius 3 is 2.46 bits per heavy atom. The minimum absolute atomic E-state index is 0. The molecule has 0 atom stereocenters. The van der Waals surface area contributed by atoms with Crippen molar-refractivity contribution in [1.29, 1.82) is 0 Å². The number of nitrogens with zero attached hydrogens (tertiary/aromatic N) is 2. The van der Waals surface area contributed by atoms with Gasteiger partial charge in [-0.25, -0.2) is 0 Å². The fraction of sp³-hybridized carbons (Fsp3) is 0.115. The van der Waals surface area contributed by atoms with Gasteiger partial charge >= 0.3 is 29.6 Å². The van der Waals surface area contributed by atoms with Crippen molar-refractivity contribution in [2.75, 3.05) is 11.9 Å². The number of nitrogens with one attached hydrogen (secondary N) is 1. The first-order valence-corrected chi connectivity index (χ1v) is 13.4. The molecule has 1 amide bonds. The first-order valence-electron chi connectivity index (χ1n) is 11.2. The zero-order chi connectivity index (χ0) is 27.6. The Balaban J connectivity index is 0.00000420. The van der Waals surface area contributed by atoms with Crippen molar-refractivity contribution in [3.05, 3.63) is 81.8 Å². The van der Waals surface area contributed by atoms with Crippen LogP contribution in [0.4, 0.5) is 17.1 Å². The Labute approximate surface area is 256 Å².